The Morgan fingerprint density at radius 2 is 2.16 bits per heavy atom. The molecule has 25 heavy (non-hydrogen) atoms. The number of rotatable bonds is 6. The third-order valence-electron chi connectivity index (χ3n) is 4.41. The summed E-state index contributed by atoms with van der Waals surface area (Å²) in [5, 5.41) is 3.55. The van der Waals surface area contributed by atoms with Crippen LogP contribution in [0.2, 0.25) is 0 Å². The zero-order valence-corrected chi connectivity index (χ0v) is 14.8. The molecule has 2 atom stereocenters. The van der Waals surface area contributed by atoms with Gasteiger partial charge in [-0.3, -0.25) is 4.98 Å². The Morgan fingerprint density at radius 3 is 2.88 bits per heavy atom. The van der Waals surface area contributed by atoms with Crippen LogP contribution >= 0.6 is 0 Å². The fourth-order valence-electron chi connectivity index (χ4n) is 3.06. The molecule has 0 bridgehead atoms. The van der Waals surface area contributed by atoms with Gasteiger partial charge in [0.15, 0.2) is 0 Å². The van der Waals surface area contributed by atoms with Crippen molar-refractivity contribution in [2.45, 2.75) is 25.6 Å². The van der Waals surface area contributed by atoms with Gasteiger partial charge >= 0.3 is 0 Å². The van der Waals surface area contributed by atoms with Crippen molar-refractivity contribution in [1.29, 1.82) is 0 Å². The first-order chi connectivity index (χ1) is 12.1. The largest absolute Gasteiger partial charge is 0.496 e. The highest BCUT2D eigenvalue weighted by Gasteiger charge is 2.33. The first kappa shape index (κ1) is 17.4. The number of hydrogen-bond acceptors (Lipinski definition) is 8. The number of nitrogens with zero attached hydrogens (tertiary/aromatic N) is 4. The van der Waals surface area contributed by atoms with Crippen molar-refractivity contribution in [3.63, 3.8) is 0 Å². The van der Waals surface area contributed by atoms with Crippen molar-refractivity contribution in [3.05, 3.63) is 35.8 Å². The third-order valence-corrected chi connectivity index (χ3v) is 4.41. The summed E-state index contributed by atoms with van der Waals surface area (Å²) in [6.07, 6.45) is 3.57. The van der Waals surface area contributed by atoms with Gasteiger partial charge in [-0.05, 0) is 13.0 Å². The van der Waals surface area contributed by atoms with E-state index in [1.54, 1.807) is 20.4 Å². The van der Waals surface area contributed by atoms with E-state index in [2.05, 4.69) is 25.2 Å². The maximum Gasteiger partial charge on any atom is 0.221 e. The number of aryl methyl sites for hydroxylation is 1. The van der Waals surface area contributed by atoms with Gasteiger partial charge in [0.1, 0.15) is 11.6 Å². The molecular formula is C17H24N6O2. The molecular weight excluding hydrogens is 320 g/mol. The number of hydrogen-bond donors (Lipinski definition) is 2. The quantitative estimate of drug-likeness (QED) is 0.793. The molecule has 0 spiro atoms. The van der Waals surface area contributed by atoms with Crippen LogP contribution in [0.1, 0.15) is 11.3 Å². The number of nitrogens with two attached hydrogens (primary N) is 1. The van der Waals surface area contributed by atoms with Crippen LogP contribution in [0.25, 0.3) is 0 Å². The van der Waals surface area contributed by atoms with Crippen LogP contribution in [0.4, 0.5) is 11.8 Å². The molecule has 1 saturated heterocycles. The number of nitrogens with one attached hydrogen (secondary N) is 1. The van der Waals surface area contributed by atoms with Crippen molar-refractivity contribution in [1.82, 2.24) is 20.3 Å². The molecule has 1 aliphatic rings. The fourth-order valence-corrected chi connectivity index (χ4v) is 3.06. The molecule has 8 heteroatoms. The average Bonchev–Trinajstić information content (AvgIpc) is 3.04. The Labute approximate surface area is 147 Å². The van der Waals surface area contributed by atoms with Gasteiger partial charge in [0.05, 0.1) is 19.3 Å². The van der Waals surface area contributed by atoms with E-state index >= 15 is 0 Å². The van der Waals surface area contributed by atoms with Crippen molar-refractivity contribution in [2.75, 3.05) is 37.9 Å². The van der Waals surface area contributed by atoms with Crippen molar-refractivity contribution in [2.24, 2.45) is 0 Å². The maximum atomic E-state index is 5.69. The molecule has 0 radical (unpaired) electrons. The zero-order valence-electron chi connectivity index (χ0n) is 14.8. The molecule has 2 aromatic rings. The summed E-state index contributed by atoms with van der Waals surface area (Å²) < 4.78 is 11.1. The van der Waals surface area contributed by atoms with Crippen LogP contribution in [-0.4, -0.2) is 54.4 Å². The number of anilines is 2. The van der Waals surface area contributed by atoms with Crippen LogP contribution in [0, 0.1) is 6.92 Å². The van der Waals surface area contributed by atoms with E-state index in [1.165, 1.54) is 0 Å². The SMILES string of the molecule is COc1cc(C)ncc1CN[C@H]1CN(c2ccnc(N)n2)C[C@H]1OC. The summed E-state index contributed by atoms with van der Waals surface area (Å²) in [5.41, 5.74) is 7.65. The number of ether oxygens (including phenoxy) is 2. The first-order valence-corrected chi connectivity index (χ1v) is 8.20. The lowest BCUT2D eigenvalue weighted by Crippen LogP contribution is -2.39. The average molecular weight is 344 g/mol. The normalized spacial score (nSPS) is 20.0. The molecule has 3 heterocycles. The van der Waals surface area contributed by atoms with E-state index in [0.29, 0.717) is 6.54 Å². The minimum Gasteiger partial charge on any atom is -0.496 e. The number of pyridine rings is 1. The van der Waals surface area contributed by atoms with Crippen LogP contribution in [0.15, 0.2) is 24.5 Å². The predicted octanol–water partition coefficient (Wildman–Crippen LogP) is 0.764. The molecule has 0 amide bonds. The molecule has 3 N–H and O–H groups in total. The summed E-state index contributed by atoms with van der Waals surface area (Å²) in [6, 6.07) is 3.96. The highest BCUT2D eigenvalue weighted by atomic mass is 16.5. The fraction of sp³-hybridized carbons (Fsp3) is 0.471. The molecule has 0 aromatic carbocycles. The van der Waals surface area contributed by atoms with Crippen molar-refractivity contribution < 1.29 is 9.47 Å². The number of aromatic nitrogens is 3. The smallest absolute Gasteiger partial charge is 0.221 e. The van der Waals surface area contributed by atoms with Gasteiger partial charge in [0.2, 0.25) is 5.95 Å². The maximum absolute atomic E-state index is 5.69. The van der Waals surface area contributed by atoms with Crippen LogP contribution < -0.4 is 20.7 Å². The number of methoxy groups -OCH3 is 2. The zero-order chi connectivity index (χ0) is 17.8. The van der Waals surface area contributed by atoms with Gasteiger partial charge in [0.25, 0.3) is 0 Å². The second-order valence-corrected chi connectivity index (χ2v) is 6.08. The van der Waals surface area contributed by atoms with E-state index < -0.39 is 0 Å². The second-order valence-electron chi connectivity index (χ2n) is 6.08. The summed E-state index contributed by atoms with van der Waals surface area (Å²) in [4.78, 5) is 14.7. The summed E-state index contributed by atoms with van der Waals surface area (Å²) in [5.74, 6) is 1.93. The molecule has 1 aliphatic heterocycles. The Bertz CT molecular complexity index is 726. The second kappa shape index (κ2) is 7.62. The molecule has 134 valence electrons. The minimum absolute atomic E-state index is 0.0561. The Hall–Kier alpha value is -2.45. The topological polar surface area (TPSA) is 98.4 Å². The van der Waals surface area contributed by atoms with E-state index in [1.807, 2.05) is 25.3 Å². The van der Waals surface area contributed by atoms with E-state index in [9.17, 15) is 0 Å². The Morgan fingerprint density at radius 1 is 1.32 bits per heavy atom. The molecule has 0 saturated carbocycles. The van der Waals surface area contributed by atoms with Gasteiger partial charge < -0.3 is 25.4 Å². The summed E-state index contributed by atoms with van der Waals surface area (Å²) in [6.45, 7) is 4.12. The molecule has 0 aliphatic carbocycles. The molecule has 1 fully saturated rings. The lowest BCUT2D eigenvalue weighted by atomic mass is 10.2. The predicted molar refractivity (Wildman–Crippen MR) is 95.6 cm³/mol. The molecule has 2 aromatic heterocycles. The first-order valence-electron chi connectivity index (χ1n) is 8.20. The van der Waals surface area contributed by atoms with E-state index in [-0.39, 0.29) is 18.1 Å². The highest BCUT2D eigenvalue weighted by Crippen LogP contribution is 2.22. The van der Waals surface area contributed by atoms with Gasteiger partial charge in [-0.25, -0.2) is 4.98 Å². The lowest BCUT2D eigenvalue weighted by molar-refractivity contribution is 0.0966. The van der Waals surface area contributed by atoms with Crippen molar-refractivity contribution >= 4 is 11.8 Å². The number of nitrogen functional groups attached to an aromatic ring is 1. The molecule has 0 unspecified atom stereocenters. The van der Waals surface area contributed by atoms with Gasteiger partial charge in [-0.2, -0.15) is 4.98 Å². The minimum atomic E-state index is 0.0561. The molecule has 3 rings (SSSR count). The molecule has 8 nitrogen and oxygen atoms in total. The van der Waals surface area contributed by atoms with Gasteiger partial charge in [-0.15, -0.1) is 0 Å². The summed E-state index contributed by atoms with van der Waals surface area (Å²) >= 11 is 0. The van der Waals surface area contributed by atoms with Gasteiger partial charge in [0, 0.05) is 56.5 Å². The lowest BCUT2D eigenvalue weighted by Gasteiger charge is -2.19. The summed E-state index contributed by atoms with van der Waals surface area (Å²) in [7, 11) is 3.40. The highest BCUT2D eigenvalue weighted by molar-refractivity contribution is 5.43. The van der Waals surface area contributed by atoms with E-state index in [4.69, 9.17) is 15.2 Å². The van der Waals surface area contributed by atoms with Crippen molar-refractivity contribution in [3.8, 4) is 5.75 Å². The van der Waals surface area contributed by atoms with Crippen LogP contribution in [-0.2, 0) is 11.3 Å². The van der Waals surface area contributed by atoms with E-state index in [0.717, 1.165) is 35.9 Å². The standard InChI is InChI=1S/C17H24N6O2/c1-11-6-14(24-2)12(7-20-11)8-21-13-9-23(10-15(13)25-3)16-4-5-19-17(18)22-16/h4-7,13,15,21H,8-10H2,1-3H3,(H2,18,19,22)/t13-,15+/m0/s1. The van der Waals surface area contributed by atoms with Crippen LogP contribution in [0.5, 0.6) is 5.75 Å². The van der Waals surface area contributed by atoms with Crippen LogP contribution in [0.3, 0.4) is 0 Å². The Kier molecular flexibility index (Phi) is 5.30. The Balaban J connectivity index is 1.68. The van der Waals surface area contributed by atoms with Gasteiger partial charge in [-0.1, -0.05) is 0 Å². The third kappa shape index (κ3) is 3.97. The monoisotopic (exact) mass is 344 g/mol.